The first-order chi connectivity index (χ1) is 12.0. The Balaban J connectivity index is 2.17. The number of nitrogens with zero attached hydrogens (tertiary/aromatic N) is 3. The molecule has 0 bridgehead atoms. The smallest absolute Gasteiger partial charge is 0.335 e. The van der Waals surface area contributed by atoms with Gasteiger partial charge < -0.3 is 10.0 Å². The SMILES string of the molecule is CC(CCCc1cc(C(=O)O)ccc1N=Nc1ccccc1)N(C)C. The maximum Gasteiger partial charge on any atom is 0.335 e. The van der Waals surface area contributed by atoms with Crippen LogP contribution in [0.3, 0.4) is 0 Å². The molecule has 132 valence electrons. The van der Waals surface area contributed by atoms with Crippen molar-refractivity contribution in [3.05, 3.63) is 59.7 Å². The van der Waals surface area contributed by atoms with Crippen molar-refractivity contribution in [3.8, 4) is 0 Å². The number of carboxylic acid groups (broad SMARTS) is 1. The molecule has 0 saturated carbocycles. The maximum absolute atomic E-state index is 11.3. The summed E-state index contributed by atoms with van der Waals surface area (Å²) >= 11 is 0. The zero-order valence-corrected chi connectivity index (χ0v) is 15.0. The van der Waals surface area contributed by atoms with E-state index in [-0.39, 0.29) is 5.56 Å². The molecule has 0 spiro atoms. The standard InChI is InChI=1S/C20H25N3O2/c1-15(23(2)3)8-7-9-16-14-17(20(24)25)12-13-19(16)22-21-18-10-5-4-6-11-18/h4-6,10-15H,7-9H2,1-3H3,(H,24,25). The Kier molecular flexibility index (Phi) is 6.83. The van der Waals surface area contributed by atoms with Gasteiger partial charge in [-0.3, -0.25) is 0 Å². The molecule has 0 aliphatic heterocycles. The molecule has 5 heteroatoms. The Morgan fingerprint density at radius 3 is 2.48 bits per heavy atom. The van der Waals surface area contributed by atoms with Gasteiger partial charge in [0.25, 0.3) is 0 Å². The molecule has 0 saturated heterocycles. The highest BCUT2D eigenvalue weighted by Gasteiger charge is 2.10. The molecule has 5 nitrogen and oxygen atoms in total. The Morgan fingerprint density at radius 1 is 1.12 bits per heavy atom. The fourth-order valence-electron chi connectivity index (χ4n) is 2.47. The van der Waals surface area contributed by atoms with Crippen LogP contribution in [0.15, 0.2) is 58.8 Å². The quantitative estimate of drug-likeness (QED) is 0.683. The zero-order chi connectivity index (χ0) is 18.2. The van der Waals surface area contributed by atoms with Crippen molar-refractivity contribution in [2.24, 2.45) is 10.2 Å². The van der Waals surface area contributed by atoms with E-state index in [0.29, 0.717) is 6.04 Å². The van der Waals surface area contributed by atoms with Crippen LogP contribution < -0.4 is 0 Å². The third-order valence-corrected chi connectivity index (χ3v) is 4.31. The first-order valence-corrected chi connectivity index (χ1v) is 8.47. The van der Waals surface area contributed by atoms with E-state index in [9.17, 15) is 9.90 Å². The number of carbonyl (C=O) groups is 1. The Labute approximate surface area is 149 Å². The minimum atomic E-state index is -0.922. The lowest BCUT2D eigenvalue weighted by Crippen LogP contribution is -2.24. The maximum atomic E-state index is 11.3. The molecule has 0 aliphatic rings. The second-order valence-corrected chi connectivity index (χ2v) is 6.39. The molecule has 1 atom stereocenters. The van der Waals surface area contributed by atoms with Crippen molar-refractivity contribution < 1.29 is 9.90 Å². The summed E-state index contributed by atoms with van der Waals surface area (Å²) in [5.74, 6) is -0.922. The molecule has 1 N–H and O–H groups in total. The van der Waals surface area contributed by atoms with Gasteiger partial charge in [-0.2, -0.15) is 10.2 Å². The van der Waals surface area contributed by atoms with Gasteiger partial charge in [0.1, 0.15) is 0 Å². The van der Waals surface area contributed by atoms with E-state index in [2.05, 4.69) is 36.1 Å². The summed E-state index contributed by atoms with van der Waals surface area (Å²) in [5.41, 5.74) is 2.71. The third-order valence-electron chi connectivity index (χ3n) is 4.31. The van der Waals surface area contributed by atoms with Crippen LogP contribution in [-0.2, 0) is 6.42 Å². The van der Waals surface area contributed by atoms with Gasteiger partial charge in [-0.05, 0) is 76.2 Å². The van der Waals surface area contributed by atoms with Gasteiger partial charge in [-0.1, -0.05) is 18.2 Å². The molecule has 0 aliphatic carbocycles. The highest BCUT2D eigenvalue weighted by Crippen LogP contribution is 2.25. The fourth-order valence-corrected chi connectivity index (χ4v) is 2.47. The number of aromatic carboxylic acids is 1. The number of benzene rings is 2. The molecule has 2 aromatic rings. The van der Waals surface area contributed by atoms with E-state index in [1.807, 2.05) is 30.3 Å². The van der Waals surface area contributed by atoms with E-state index < -0.39 is 5.97 Å². The highest BCUT2D eigenvalue weighted by molar-refractivity contribution is 5.88. The van der Waals surface area contributed by atoms with Crippen LogP contribution in [0.4, 0.5) is 11.4 Å². The van der Waals surface area contributed by atoms with Gasteiger partial charge in [0.05, 0.1) is 16.9 Å². The minimum Gasteiger partial charge on any atom is -0.478 e. The van der Waals surface area contributed by atoms with Crippen LogP contribution in [0.25, 0.3) is 0 Å². The molecule has 0 fully saturated rings. The fraction of sp³-hybridized carbons (Fsp3) is 0.350. The molecule has 0 heterocycles. The number of hydrogen-bond acceptors (Lipinski definition) is 4. The van der Waals surface area contributed by atoms with Gasteiger partial charge in [0.2, 0.25) is 0 Å². The molecule has 2 aromatic carbocycles. The molecular weight excluding hydrogens is 314 g/mol. The molecule has 0 aromatic heterocycles. The number of carboxylic acids is 1. The summed E-state index contributed by atoms with van der Waals surface area (Å²) in [6, 6.07) is 15.0. The molecule has 1 unspecified atom stereocenters. The van der Waals surface area contributed by atoms with Gasteiger partial charge in [0, 0.05) is 6.04 Å². The van der Waals surface area contributed by atoms with E-state index in [0.717, 1.165) is 36.2 Å². The largest absolute Gasteiger partial charge is 0.478 e. The first-order valence-electron chi connectivity index (χ1n) is 8.47. The van der Waals surface area contributed by atoms with Crippen LogP contribution in [0.5, 0.6) is 0 Å². The van der Waals surface area contributed by atoms with Gasteiger partial charge in [-0.25, -0.2) is 4.79 Å². The zero-order valence-electron chi connectivity index (χ0n) is 15.0. The normalized spacial score (nSPS) is 12.6. The molecular formula is C20H25N3O2. The van der Waals surface area contributed by atoms with E-state index in [1.165, 1.54) is 0 Å². The highest BCUT2D eigenvalue weighted by atomic mass is 16.4. The monoisotopic (exact) mass is 339 g/mol. The number of hydrogen-bond donors (Lipinski definition) is 1. The topological polar surface area (TPSA) is 65.3 Å². The van der Waals surface area contributed by atoms with E-state index in [1.54, 1.807) is 18.2 Å². The minimum absolute atomic E-state index is 0.286. The van der Waals surface area contributed by atoms with Crippen LogP contribution in [0.2, 0.25) is 0 Å². The summed E-state index contributed by atoms with van der Waals surface area (Å²) < 4.78 is 0. The van der Waals surface area contributed by atoms with E-state index >= 15 is 0 Å². The molecule has 0 amide bonds. The van der Waals surface area contributed by atoms with Crippen molar-refractivity contribution in [1.82, 2.24) is 4.90 Å². The summed E-state index contributed by atoms with van der Waals surface area (Å²) in [6.45, 7) is 2.18. The number of azo groups is 1. The van der Waals surface area contributed by atoms with Crippen molar-refractivity contribution in [2.75, 3.05) is 14.1 Å². The van der Waals surface area contributed by atoms with Crippen LogP contribution in [0.1, 0.15) is 35.7 Å². The summed E-state index contributed by atoms with van der Waals surface area (Å²) in [4.78, 5) is 13.4. The molecule has 0 radical (unpaired) electrons. The van der Waals surface area contributed by atoms with Gasteiger partial charge >= 0.3 is 5.97 Å². The van der Waals surface area contributed by atoms with Crippen LogP contribution in [0, 0.1) is 0 Å². The summed E-state index contributed by atoms with van der Waals surface area (Å²) in [6.07, 6.45) is 2.79. The lowest BCUT2D eigenvalue weighted by atomic mass is 10.0. The number of rotatable bonds is 8. The summed E-state index contributed by atoms with van der Waals surface area (Å²) in [5, 5.41) is 17.8. The predicted molar refractivity (Wildman–Crippen MR) is 100 cm³/mol. The Bertz CT molecular complexity index is 727. The van der Waals surface area contributed by atoms with Crippen molar-refractivity contribution in [3.63, 3.8) is 0 Å². The second kappa shape index (κ2) is 9.08. The van der Waals surface area contributed by atoms with Crippen molar-refractivity contribution in [1.29, 1.82) is 0 Å². The average molecular weight is 339 g/mol. The molecule has 2 rings (SSSR count). The van der Waals surface area contributed by atoms with E-state index in [4.69, 9.17) is 0 Å². The van der Waals surface area contributed by atoms with Gasteiger partial charge in [0.15, 0.2) is 0 Å². The predicted octanol–water partition coefficient (Wildman–Crippen LogP) is 5.07. The average Bonchev–Trinajstić information content (AvgIpc) is 2.61. The molecule has 25 heavy (non-hydrogen) atoms. The first kappa shape index (κ1) is 18.8. The van der Waals surface area contributed by atoms with Crippen molar-refractivity contribution in [2.45, 2.75) is 32.2 Å². The Hall–Kier alpha value is -2.53. The van der Waals surface area contributed by atoms with Crippen molar-refractivity contribution >= 4 is 17.3 Å². The summed E-state index contributed by atoms with van der Waals surface area (Å²) in [7, 11) is 4.13. The lowest BCUT2D eigenvalue weighted by Gasteiger charge is -2.19. The van der Waals surface area contributed by atoms with Gasteiger partial charge in [-0.15, -0.1) is 0 Å². The third kappa shape index (κ3) is 5.80. The number of aryl methyl sites for hydroxylation is 1. The Morgan fingerprint density at radius 2 is 1.84 bits per heavy atom. The lowest BCUT2D eigenvalue weighted by molar-refractivity contribution is 0.0697. The second-order valence-electron chi connectivity index (χ2n) is 6.39. The van der Waals surface area contributed by atoms with Crippen LogP contribution in [-0.4, -0.2) is 36.1 Å². The van der Waals surface area contributed by atoms with Crippen LogP contribution >= 0.6 is 0 Å².